The molecule has 2 aliphatic heterocycles. The van der Waals surface area contributed by atoms with Crippen molar-refractivity contribution in [2.45, 2.75) is 19.0 Å². The van der Waals surface area contributed by atoms with Crippen LogP contribution in [0.15, 0.2) is 30.3 Å². The molecule has 2 saturated heterocycles. The van der Waals surface area contributed by atoms with E-state index in [0.29, 0.717) is 30.6 Å². The van der Waals surface area contributed by atoms with E-state index in [9.17, 15) is 8.42 Å². The molecular weight excluding hydrogens is 272 g/mol. The molecule has 1 atom stereocenters. The summed E-state index contributed by atoms with van der Waals surface area (Å²) in [7, 11) is -2.76. The summed E-state index contributed by atoms with van der Waals surface area (Å²) in [5.74, 6) is 0.671. The second kappa shape index (κ2) is 5.84. The third-order valence-electron chi connectivity index (χ3n) is 4.39. The molecule has 1 unspecified atom stereocenters. The SMILES string of the molecule is O=S1(=O)CCN(C2CCN(Cc3ccccc3)C2)CC1. The Morgan fingerprint density at radius 1 is 1.05 bits per heavy atom. The van der Waals surface area contributed by atoms with Crippen LogP contribution in [0.2, 0.25) is 0 Å². The van der Waals surface area contributed by atoms with E-state index in [1.807, 2.05) is 6.07 Å². The van der Waals surface area contributed by atoms with Gasteiger partial charge in [-0.1, -0.05) is 30.3 Å². The Morgan fingerprint density at radius 2 is 1.75 bits per heavy atom. The van der Waals surface area contributed by atoms with Crippen molar-refractivity contribution in [3.05, 3.63) is 35.9 Å². The highest BCUT2D eigenvalue weighted by molar-refractivity contribution is 7.91. The minimum Gasteiger partial charge on any atom is -0.297 e. The molecule has 110 valence electrons. The molecule has 2 fully saturated rings. The van der Waals surface area contributed by atoms with Gasteiger partial charge in [-0.2, -0.15) is 0 Å². The minimum absolute atomic E-state index is 0.336. The van der Waals surface area contributed by atoms with Crippen molar-refractivity contribution in [2.24, 2.45) is 0 Å². The standard InChI is InChI=1S/C15H22N2O2S/c18-20(19)10-8-17(9-11-20)15-6-7-16(13-15)12-14-4-2-1-3-5-14/h1-5,15H,6-13H2. The molecule has 5 heteroatoms. The van der Waals surface area contributed by atoms with Gasteiger partial charge >= 0.3 is 0 Å². The number of benzene rings is 1. The number of rotatable bonds is 3. The first-order chi connectivity index (χ1) is 9.62. The third kappa shape index (κ3) is 3.40. The molecule has 20 heavy (non-hydrogen) atoms. The quantitative estimate of drug-likeness (QED) is 0.834. The van der Waals surface area contributed by atoms with Crippen LogP contribution in [-0.4, -0.2) is 61.9 Å². The molecule has 0 radical (unpaired) electrons. The molecule has 2 aliphatic rings. The molecule has 1 aromatic carbocycles. The van der Waals surface area contributed by atoms with Crippen LogP contribution < -0.4 is 0 Å². The fourth-order valence-corrected chi connectivity index (χ4v) is 4.42. The summed E-state index contributed by atoms with van der Waals surface area (Å²) < 4.78 is 23.0. The number of hydrogen-bond donors (Lipinski definition) is 0. The van der Waals surface area contributed by atoms with Crippen molar-refractivity contribution in [1.82, 2.24) is 9.80 Å². The van der Waals surface area contributed by atoms with Crippen LogP contribution in [0.3, 0.4) is 0 Å². The molecule has 0 aromatic heterocycles. The van der Waals surface area contributed by atoms with Crippen molar-refractivity contribution in [3.63, 3.8) is 0 Å². The van der Waals surface area contributed by atoms with Gasteiger partial charge in [0.15, 0.2) is 9.84 Å². The largest absolute Gasteiger partial charge is 0.297 e. The van der Waals surface area contributed by atoms with Crippen molar-refractivity contribution in [2.75, 3.05) is 37.7 Å². The predicted molar refractivity (Wildman–Crippen MR) is 80.4 cm³/mol. The van der Waals surface area contributed by atoms with E-state index in [4.69, 9.17) is 0 Å². The van der Waals surface area contributed by atoms with E-state index < -0.39 is 9.84 Å². The van der Waals surface area contributed by atoms with E-state index in [2.05, 4.69) is 34.1 Å². The minimum atomic E-state index is -2.76. The van der Waals surface area contributed by atoms with Gasteiger partial charge in [-0.05, 0) is 12.0 Å². The van der Waals surface area contributed by atoms with E-state index in [-0.39, 0.29) is 0 Å². The van der Waals surface area contributed by atoms with Crippen LogP contribution in [0.1, 0.15) is 12.0 Å². The number of nitrogens with zero attached hydrogens (tertiary/aromatic N) is 2. The predicted octanol–water partition coefficient (Wildman–Crippen LogP) is 0.991. The maximum absolute atomic E-state index is 11.5. The van der Waals surface area contributed by atoms with Crippen LogP contribution in [0.25, 0.3) is 0 Å². The second-order valence-electron chi connectivity index (χ2n) is 5.85. The fourth-order valence-electron chi connectivity index (χ4n) is 3.19. The monoisotopic (exact) mass is 294 g/mol. The summed E-state index contributed by atoms with van der Waals surface area (Å²) in [5.41, 5.74) is 1.36. The average molecular weight is 294 g/mol. The topological polar surface area (TPSA) is 40.6 Å². The van der Waals surface area contributed by atoms with Gasteiger partial charge in [-0.3, -0.25) is 9.80 Å². The van der Waals surface area contributed by atoms with Gasteiger partial charge in [-0.15, -0.1) is 0 Å². The van der Waals surface area contributed by atoms with Crippen molar-refractivity contribution < 1.29 is 8.42 Å². The van der Waals surface area contributed by atoms with Crippen molar-refractivity contribution >= 4 is 9.84 Å². The zero-order valence-corrected chi connectivity index (χ0v) is 12.6. The molecule has 0 N–H and O–H groups in total. The molecule has 0 amide bonds. The molecule has 3 rings (SSSR count). The molecule has 0 aliphatic carbocycles. The molecule has 0 spiro atoms. The van der Waals surface area contributed by atoms with Gasteiger partial charge in [0.1, 0.15) is 0 Å². The zero-order chi connectivity index (χ0) is 14.0. The molecule has 2 heterocycles. The number of sulfone groups is 1. The zero-order valence-electron chi connectivity index (χ0n) is 11.7. The molecule has 0 saturated carbocycles. The van der Waals surface area contributed by atoms with Gasteiger partial charge in [-0.25, -0.2) is 8.42 Å². The van der Waals surface area contributed by atoms with Crippen LogP contribution in [0, 0.1) is 0 Å². The van der Waals surface area contributed by atoms with Gasteiger partial charge in [0.2, 0.25) is 0 Å². The second-order valence-corrected chi connectivity index (χ2v) is 8.15. The summed E-state index contributed by atoms with van der Waals surface area (Å²) in [6.07, 6.45) is 1.16. The van der Waals surface area contributed by atoms with Gasteiger partial charge in [0.25, 0.3) is 0 Å². The Morgan fingerprint density at radius 3 is 2.45 bits per heavy atom. The van der Waals surface area contributed by atoms with Crippen LogP contribution >= 0.6 is 0 Å². The van der Waals surface area contributed by atoms with Crippen LogP contribution in [0.4, 0.5) is 0 Å². The molecule has 0 bridgehead atoms. The van der Waals surface area contributed by atoms with Gasteiger partial charge < -0.3 is 0 Å². The lowest BCUT2D eigenvalue weighted by Gasteiger charge is -2.32. The van der Waals surface area contributed by atoms with Gasteiger partial charge in [0.05, 0.1) is 11.5 Å². The summed E-state index contributed by atoms with van der Waals surface area (Å²) in [6, 6.07) is 11.1. The highest BCUT2D eigenvalue weighted by atomic mass is 32.2. The Balaban J connectivity index is 1.52. The van der Waals surface area contributed by atoms with Gasteiger partial charge in [0, 0.05) is 38.8 Å². The first kappa shape index (κ1) is 14.0. The van der Waals surface area contributed by atoms with Crippen molar-refractivity contribution in [1.29, 1.82) is 0 Å². The highest BCUT2D eigenvalue weighted by Gasteiger charge is 2.31. The molecule has 4 nitrogen and oxygen atoms in total. The van der Waals surface area contributed by atoms with E-state index in [1.165, 1.54) is 5.56 Å². The highest BCUT2D eigenvalue weighted by Crippen LogP contribution is 2.19. The Labute approximate surface area is 121 Å². The van der Waals surface area contributed by atoms with E-state index in [0.717, 1.165) is 26.1 Å². The lowest BCUT2D eigenvalue weighted by Crippen LogP contribution is -2.47. The fraction of sp³-hybridized carbons (Fsp3) is 0.600. The summed E-state index contributed by atoms with van der Waals surface area (Å²) in [5, 5.41) is 0. The Hall–Kier alpha value is -0.910. The number of hydrogen-bond acceptors (Lipinski definition) is 4. The van der Waals surface area contributed by atoms with Crippen molar-refractivity contribution in [3.8, 4) is 0 Å². The number of likely N-dealkylation sites (tertiary alicyclic amines) is 1. The van der Waals surface area contributed by atoms with E-state index in [1.54, 1.807) is 0 Å². The Bertz CT molecular complexity index is 530. The van der Waals surface area contributed by atoms with Crippen LogP contribution in [-0.2, 0) is 16.4 Å². The first-order valence-corrected chi connectivity index (χ1v) is 9.15. The molecular formula is C15H22N2O2S. The molecule has 1 aromatic rings. The maximum Gasteiger partial charge on any atom is 0.152 e. The maximum atomic E-state index is 11.5. The lowest BCUT2D eigenvalue weighted by atomic mass is 10.2. The lowest BCUT2D eigenvalue weighted by molar-refractivity contribution is 0.205. The summed E-state index contributed by atoms with van der Waals surface area (Å²) in [4.78, 5) is 4.84. The van der Waals surface area contributed by atoms with E-state index >= 15 is 0 Å². The third-order valence-corrected chi connectivity index (χ3v) is 6.00. The Kier molecular flexibility index (Phi) is 4.10. The summed E-state index contributed by atoms with van der Waals surface area (Å²) in [6.45, 7) is 4.61. The smallest absolute Gasteiger partial charge is 0.152 e. The average Bonchev–Trinajstić information content (AvgIpc) is 2.88. The first-order valence-electron chi connectivity index (χ1n) is 7.33. The normalized spacial score (nSPS) is 27.7. The summed E-state index contributed by atoms with van der Waals surface area (Å²) >= 11 is 0. The van der Waals surface area contributed by atoms with Crippen LogP contribution in [0.5, 0.6) is 0 Å².